The monoisotopic (exact) mass is 394 g/mol. The van der Waals surface area contributed by atoms with Crippen LogP contribution in [0.5, 0.6) is 0 Å². The summed E-state index contributed by atoms with van der Waals surface area (Å²) in [6.45, 7) is 11.3. The average molecular weight is 395 g/mol. The summed E-state index contributed by atoms with van der Waals surface area (Å²) in [5.41, 5.74) is 0.202. The molecule has 1 unspecified atom stereocenters. The van der Waals surface area contributed by atoms with Crippen LogP contribution in [0, 0.1) is 11.3 Å². The van der Waals surface area contributed by atoms with Crippen LogP contribution in [0.2, 0.25) is 0 Å². The van der Waals surface area contributed by atoms with Crippen molar-refractivity contribution in [1.82, 2.24) is 0 Å². The normalized spacial score (nSPS) is 13.2. The van der Waals surface area contributed by atoms with Crippen LogP contribution in [0.1, 0.15) is 92.4 Å². The minimum Gasteiger partial charge on any atom is -0.462 e. The molecule has 0 saturated heterocycles. The number of hydrogen-bond acceptors (Lipinski definition) is 4. The second-order valence-electron chi connectivity index (χ2n) is 8.84. The molecular formula is C24H42O4. The van der Waals surface area contributed by atoms with E-state index in [1.54, 1.807) is 0 Å². The molecule has 0 saturated carbocycles. The minimum atomic E-state index is -0.528. The van der Waals surface area contributed by atoms with E-state index in [0.29, 0.717) is 6.61 Å². The van der Waals surface area contributed by atoms with E-state index in [0.717, 1.165) is 25.0 Å². The highest BCUT2D eigenvalue weighted by Gasteiger charge is 2.16. The molecule has 4 nitrogen and oxygen atoms in total. The number of hydrogen-bond donors (Lipinski definition) is 0. The molecule has 1 atom stereocenters. The van der Waals surface area contributed by atoms with Gasteiger partial charge >= 0.3 is 11.9 Å². The third kappa shape index (κ3) is 19.2. The van der Waals surface area contributed by atoms with E-state index in [1.165, 1.54) is 44.9 Å². The smallest absolute Gasteiger partial charge is 0.331 e. The molecule has 0 radical (unpaired) electrons. The fourth-order valence-electron chi connectivity index (χ4n) is 3.10. The summed E-state index contributed by atoms with van der Waals surface area (Å²) >= 11 is 0. The van der Waals surface area contributed by atoms with E-state index in [1.807, 2.05) is 12.2 Å². The van der Waals surface area contributed by atoms with Crippen LogP contribution in [-0.2, 0) is 19.1 Å². The zero-order valence-corrected chi connectivity index (χ0v) is 18.8. The van der Waals surface area contributed by atoms with Gasteiger partial charge in [0, 0.05) is 12.2 Å². The van der Waals surface area contributed by atoms with Crippen molar-refractivity contribution in [1.29, 1.82) is 0 Å². The van der Waals surface area contributed by atoms with Crippen molar-refractivity contribution in [3.63, 3.8) is 0 Å². The van der Waals surface area contributed by atoms with Gasteiger partial charge in [-0.2, -0.15) is 0 Å². The number of unbranched alkanes of at least 4 members (excludes halogenated alkanes) is 7. The van der Waals surface area contributed by atoms with E-state index in [2.05, 4.69) is 34.6 Å². The van der Waals surface area contributed by atoms with Gasteiger partial charge in [0.2, 0.25) is 0 Å². The maximum absolute atomic E-state index is 11.6. The van der Waals surface area contributed by atoms with Gasteiger partial charge in [-0.1, -0.05) is 85.3 Å². The summed E-state index contributed by atoms with van der Waals surface area (Å²) in [6.07, 6.45) is 17.2. The van der Waals surface area contributed by atoms with Gasteiger partial charge in [-0.25, -0.2) is 9.59 Å². The predicted molar refractivity (Wildman–Crippen MR) is 116 cm³/mol. The van der Waals surface area contributed by atoms with Crippen LogP contribution in [0.3, 0.4) is 0 Å². The Morgan fingerprint density at radius 2 is 1.43 bits per heavy atom. The first-order valence-electron chi connectivity index (χ1n) is 10.9. The number of ether oxygens (including phenoxy) is 2. The molecule has 0 N–H and O–H groups in total. The van der Waals surface area contributed by atoms with Crippen molar-refractivity contribution in [2.75, 3.05) is 13.2 Å². The third-order valence-electron chi connectivity index (χ3n) is 4.29. The topological polar surface area (TPSA) is 52.6 Å². The molecule has 162 valence electrons. The van der Waals surface area contributed by atoms with Gasteiger partial charge in [0.1, 0.15) is 6.61 Å². The number of allylic oxidation sites excluding steroid dienone is 1. The van der Waals surface area contributed by atoms with E-state index in [-0.39, 0.29) is 17.9 Å². The first-order valence-corrected chi connectivity index (χ1v) is 10.9. The van der Waals surface area contributed by atoms with Gasteiger partial charge in [0.05, 0.1) is 6.61 Å². The first-order chi connectivity index (χ1) is 13.2. The Morgan fingerprint density at radius 1 is 0.857 bits per heavy atom. The fourth-order valence-corrected chi connectivity index (χ4v) is 3.10. The van der Waals surface area contributed by atoms with E-state index >= 15 is 0 Å². The van der Waals surface area contributed by atoms with Crippen molar-refractivity contribution in [2.45, 2.75) is 92.4 Å². The van der Waals surface area contributed by atoms with E-state index in [4.69, 9.17) is 9.47 Å². The number of esters is 2. The van der Waals surface area contributed by atoms with Gasteiger partial charge in [0.15, 0.2) is 0 Å². The summed E-state index contributed by atoms with van der Waals surface area (Å²) in [5, 5.41) is 0. The molecule has 0 aliphatic heterocycles. The average Bonchev–Trinajstić information content (AvgIpc) is 2.61. The lowest BCUT2D eigenvalue weighted by molar-refractivity contribution is -0.140. The molecular weight excluding hydrogens is 352 g/mol. The summed E-state index contributed by atoms with van der Waals surface area (Å²) in [6, 6.07) is 0. The molecule has 0 spiro atoms. The Kier molecular flexibility index (Phi) is 15.5. The Balaban J connectivity index is 3.72. The fraction of sp³-hybridized carbons (Fsp3) is 0.750. The molecule has 0 aromatic heterocycles. The second kappa shape index (κ2) is 16.4. The lowest BCUT2D eigenvalue weighted by atomic mass is 9.86. The summed E-state index contributed by atoms with van der Waals surface area (Å²) < 4.78 is 10.2. The van der Waals surface area contributed by atoms with Gasteiger partial charge < -0.3 is 9.47 Å². The molecule has 4 heteroatoms. The number of carbonyl (C=O) groups is 2. The largest absolute Gasteiger partial charge is 0.462 e. The van der Waals surface area contributed by atoms with Gasteiger partial charge in [-0.15, -0.1) is 0 Å². The minimum absolute atomic E-state index is 0.202. The van der Waals surface area contributed by atoms with Crippen LogP contribution in [0.25, 0.3) is 0 Å². The molecule has 0 fully saturated rings. The van der Waals surface area contributed by atoms with Crippen molar-refractivity contribution in [3.05, 3.63) is 24.3 Å². The predicted octanol–water partition coefficient (Wildman–Crippen LogP) is 6.40. The van der Waals surface area contributed by atoms with Crippen LogP contribution in [-0.4, -0.2) is 25.2 Å². The van der Waals surface area contributed by atoms with Crippen LogP contribution < -0.4 is 0 Å². The second-order valence-corrected chi connectivity index (χ2v) is 8.84. The van der Waals surface area contributed by atoms with Gasteiger partial charge in [-0.05, 0) is 30.6 Å². The van der Waals surface area contributed by atoms with E-state index in [9.17, 15) is 9.59 Å². The highest BCUT2D eigenvalue weighted by Crippen LogP contribution is 2.24. The summed E-state index contributed by atoms with van der Waals surface area (Å²) in [7, 11) is 0. The summed E-state index contributed by atoms with van der Waals surface area (Å²) in [4.78, 5) is 23.2. The molecule has 0 heterocycles. The SMILES string of the molecule is CCCCCCCCC/C=C/COC(=O)/C=C/C(=O)OCC(C)CC(C)(C)C. The lowest BCUT2D eigenvalue weighted by Crippen LogP contribution is -2.17. The molecule has 0 amide bonds. The van der Waals surface area contributed by atoms with Crippen molar-refractivity contribution in [3.8, 4) is 0 Å². The molecule has 0 aromatic rings. The molecule has 0 aliphatic carbocycles. The Labute approximate surface area is 172 Å². The lowest BCUT2D eigenvalue weighted by Gasteiger charge is -2.22. The van der Waals surface area contributed by atoms with E-state index < -0.39 is 11.9 Å². The first kappa shape index (κ1) is 26.4. The van der Waals surface area contributed by atoms with Gasteiger partial charge in [-0.3, -0.25) is 0 Å². The van der Waals surface area contributed by atoms with Crippen LogP contribution >= 0.6 is 0 Å². The highest BCUT2D eigenvalue weighted by atomic mass is 16.5. The Hall–Kier alpha value is -1.58. The molecule has 0 rings (SSSR count). The number of carbonyl (C=O) groups excluding carboxylic acids is 2. The third-order valence-corrected chi connectivity index (χ3v) is 4.29. The maximum Gasteiger partial charge on any atom is 0.331 e. The van der Waals surface area contributed by atoms with Crippen molar-refractivity contribution < 1.29 is 19.1 Å². The molecule has 0 aromatic carbocycles. The Bertz CT molecular complexity index is 471. The quantitative estimate of drug-likeness (QED) is 0.140. The molecule has 0 aliphatic rings. The van der Waals surface area contributed by atoms with Gasteiger partial charge in [0.25, 0.3) is 0 Å². The standard InChI is InChI=1S/C24H42O4/c1-6-7-8-9-10-11-12-13-14-15-18-27-22(25)16-17-23(26)28-20-21(2)19-24(3,4)5/h14-17,21H,6-13,18-20H2,1-5H3/b15-14+,17-16+. The number of rotatable bonds is 15. The summed E-state index contributed by atoms with van der Waals surface area (Å²) in [5.74, 6) is -0.752. The Morgan fingerprint density at radius 3 is 2.04 bits per heavy atom. The molecule has 0 bridgehead atoms. The zero-order valence-electron chi connectivity index (χ0n) is 18.8. The molecule has 28 heavy (non-hydrogen) atoms. The highest BCUT2D eigenvalue weighted by molar-refractivity contribution is 5.91. The van der Waals surface area contributed by atoms with Crippen molar-refractivity contribution in [2.24, 2.45) is 11.3 Å². The zero-order chi connectivity index (χ0) is 21.3. The maximum atomic E-state index is 11.6. The van der Waals surface area contributed by atoms with Crippen molar-refractivity contribution >= 4 is 11.9 Å². The van der Waals surface area contributed by atoms with Crippen LogP contribution in [0.15, 0.2) is 24.3 Å². The van der Waals surface area contributed by atoms with Crippen LogP contribution in [0.4, 0.5) is 0 Å².